The van der Waals surface area contributed by atoms with E-state index in [4.69, 9.17) is 11.6 Å². The molecule has 156 valence electrons. The molecule has 2 amide bonds. The SMILES string of the molecule is CCCCNC(=O)C(Cc1ccccc1)N(Cc1ccccc1Cl)C(=O)CCC. The Morgan fingerprint density at radius 3 is 2.34 bits per heavy atom. The van der Waals surface area contributed by atoms with E-state index in [2.05, 4.69) is 12.2 Å². The van der Waals surface area contributed by atoms with Crippen molar-refractivity contribution < 1.29 is 9.59 Å². The number of benzene rings is 2. The van der Waals surface area contributed by atoms with Crippen LogP contribution >= 0.6 is 11.6 Å². The molecule has 0 heterocycles. The largest absolute Gasteiger partial charge is 0.354 e. The van der Waals surface area contributed by atoms with Crippen LogP contribution in [-0.2, 0) is 22.6 Å². The van der Waals surface area contributed by atoms with Gasteiger partial charge in [-0.25, -0.2) is 0 Å². The first-order valence-corrected chi connectivity index (χ1v) is 10.8. The minimum Gasteiger partial charge on any atom is -0.354 e. The van der Waals surface area contributed by atoms with Gasteiger partial charge in [-0.1, -0.05) is 80.4 Å². The van der Waals surface area contributed by atoms with Crippen molar-refractivity contribution in [2.24, 2.45) is 0 Å². The number of hydrogen-bond acceptors (Lipinski definition) is 2. The fraction of sp³-hybridized carbons (Fsp3) is 0.417. The molecule has 0 aromatic heterocycles. The lowest BCUT2D eigenvalue weighted by Crippen LogP contribution is -2.50. The van der Waals surface area contributed by atoms with Gasteiger partial charge >= 0.3 is 0 Å². The summed E-state index contributed by atoms with van der Waals surface area (Å²) in [4.78, 5) is 27.8. The Balaban J connectivity index is 2.33. The van der Waals surface area contributed by atoms with E-state index < -0.39 is 6.04 Å². The molecule has 2 aromatic carbocycles. The molecule has 0 bridgehead atoms. The third kappa shape index (κ3) is 7.21. The Morgan fingerprint density at radius 2 is 1.69 bits per heavy atom. The van der Waals surface area contributed by atoms with Crippen molar-refractivity contribution in [3.8, 4) is 0 Å². The zero-order valence-corrected chi connectivity index (χ0v) is 18.1. The van der Waals surface area contributed by atoms with Crippen LogP contribution in [0.3, 0.4) is 0 Å². The highest BCUT2D eigenvalue weighted by Gasteiger charge is 2.30. The normalized spacial score (nSPS) is 11.7. The third-order valence-corrected chi connectivity index (χ3v) is 5.23. The van der Waals surface area contributed by atoms with Gasteiger partial charge in [-0.3, -0.25) is 9.59 Å². The minimum absolute atomic E-state index is 0.0287. The van der Waals surface area contributed by atoms with E-state index in [1.807, 2.05) is 61.5 Å². The summed E-state index contributed by atoms with van der Waals surface area (Å²) in [6, 6.07) is 16.7. The van der Waals surface area contributed by atoms with Crippen molar-refractivity contribution in [1.29, 1.82) is 0 Å². The topological polar surface area (TPSA) is 49.4 Å². The molecule has 1 unspecified atom stereocenters. The number of rotatable bonds is 11. The summed E-state index contributed by atoms with van der Waals surface area (Å²) < 4.78 is 0. The molecule has 0 radical (unpaired) electrons. The summed E-state index contributed by atoms with van der Waals surface area (Å²) in [5.74, 6) is -0.141. The van der Waals surface area contributed by atoms with Gasteiger partial charge in [-0.05, 0) is 30.0 Å². The molecule has 0 spiro atoms. The molecular weight excluding hydrogens is 384 g/mol. The van der Waals surface area contributed by atoms with Crippen molar-refractivity contribution in [3.63, 3.8) is 0 Å². The van der Waals surface area contributed by atoms with Crippen LogP contribution in [0.15, 0.2) is 54.6 Å². The number of carbonyl (C=O) groups excluding carboxylic acids is 2. The van der Waals surface area contributed by atoms with Gasteiger partial charge in [0.1, 0.15) is 6.04 Å². The predicted octanol–water partition coefficient (Wildman–Crippen LogP) is 5.00. The van der Waals surface area contributed by atoms with Gasteiger partial charge < -0.3 is 10.2 Å². The highest BCUT2D eigenvalue weighted by molar-refractivity contribution is 6.31. The Labute approximate surface area is 179 Å². The summed E-state index contributed by atoms with van der Waals surface area (Å²) in [5.41, 5.74) is 1.87. The molecule has 29 heavy (non-hydrogen) atoms. The molecule has 5 heteroatoms. The molecule has 2 rings (SSSR count). The fourth-order valence-electron chi connectivity index (χ4n) is 3.23. The zero-order valence-electron chi connectivity index (χ0n) is 17.4. The number of amides is 2. The number of unbranched alkanes of at least 4 members (excludes halogenated alkanes) is 1. The first-order valence-electron chi connectivity index (χ1n) is 10.4. The second kappa shape index (κ2) is 12.3. The summed E-state index contributed by atoms with van der Waals surface area (Å²) in [6.07, 6.45) is 3.52. The molecule has 2 aromatic rings. The van der Waals surface area contributed by atoms with Gasteiger partial charge in [0, 0.05) is 31.0 Å². The van der Waals surface area contributed by atoms with Crippen LogP contribution in [0.4, 0.5) is 0 Å². The standard InChI is InChI=1S/C24H31ClN2O2/c1-3-5-16-26-24(29)22(17-19-12-7-6-8-13-19)27(23(28)11-4-2)18-20-14-9-10-15-21(20)25/h6-10,12-15,22H,3-5,11,16-18H2,1-2H3,(H,26,29). The van der Waals surface area contributed by atoms with Gasteiger partial charge in [0.05, 0.1) is 0 Å². The van der Waals surface area contributed by atoms with Gasteiger partial charge in [0.2, 0.25) is 11.8 Å². The summed E-state index contributed by atoms with van der Waals surface area (Å²) in [6.45, 7) is 4.99. The zero-order chi connectivity index (χ0) is 21.1. The lowest BCUT2D eigenvalue weighted by molar-refractivity contribution is -0.141. The molecule has 1 N–H and O–H groups in total. The van der Waals surface area contributed by atoms with E-state index in [-0.39, 0.29) is 11.8 Å². The predicted molar refractivity (Wildman–Crippen MR) is 119 cm³/mol. The number of nitrogens with one attached hydrogen (secondary N) is 1. The second-order valence-corrected chi connectivity index (χ2v) is 7.62. The number of carbonyl (C=O) groups is 2. The average Bonchev–Trinajstić information content (AvgIpc) is 2.73. The summed E-state index contributed by atoms with van der Waals surface area (Å²) in [5, 5.41) is 3.62. The Morgan fingerprint density at radius 1 is 1.00 bits per heavy atom. The van der Waals surface area contributed by atoms with Crippen LogP contribution in [0.25, 0.3) is 0 Å². The van der Waals surface area contributed by atoms with Crippen LogP contribution in [0.1, 0.15) is 50.7 Å². The quantitative estimate of drug-likeness (QED) is 0.526. The van der Waals surface area contributed by atoms with Gasteiger partial charge in [0.25, 0.3) is 0 Å². The maximum Gasteiger partial charge on any atom is 0.243 e. The maximum atomic E-state index is 13.1. The second-order valence-electron chi connectivity index (χ2n) is 7.21. The third-order valence-electron chi connectivity index (χ3n) is 4.86. The van der Waals surface area contributed by atoms with Crippen LogP contribution in [-0.4, -0.2) is 29.3 Å². The summed E-state index contributed by atoms with van der Waals surface area (Å²) >= 11 is 6.36. The van der Waals surface area contributed by atoms with E-state index in [9.17, 15) is 9.59 Å². The maximum absolute atomic E-state index is 13.1. The molecule has 0 fully saturated rings. The van der Waals surface area contributed by atoms with Crippen molar-refractivity contribution >= 4 is 23.4 Å². The highest BCUT2D eigenvalue weighted by atomic mass is 35.5. The Kier molecular flexibility index (Phi) is 9.72. The van der Waals surface area contributed by atoms with E-state index in [0.717, 1.165) is 30.4 Å². The van der Waals surface area contributed by atoms with Crippen molar-refractivity contribution in [3.05, 3.63) is 70.7 Å². The lowest BCUT2D eigenvalue weighted by Gasteiger charge is -2.32. The van der Waals surface area contributed by atoms with Crippen molar-refractivity contribution in [1.82, 2.24) is 10.2 Å². The Bertz CT molecular complexity index is 779. The fourth-order valence-corrected chi connectivity index (χ4v) is 3.42. The van der Waals surface area contributed by atoms with Crippen molar-refractivity contribution in [2.45, 2.75) is 58.5 Å². The molecule has 0 aliphatic carbocycles. The van der Waals surface area contributed by atoms with Crippen LogP contribution in [0.5, 0.6) is 0 Å². The number of halogens is 1. The molecule has 0 aliphatic rings. The van der Waals surface area contributed by atoms with E-state index in [0.29, 0.717) is 31.0 Å². The van der Waals surface area contributed by atoms with Gasteiger partial charge in [-0.15, -0.1) is 0 Å². The molecule has 1 atom stereocenters. The van der Waals surface area contributed by atoms with Crippen LogP contribution < -0.4 is 5.32 Å². The monoisotopic (exact) mass is 414 g/mol. The Hall–Kier alpha value is -2.33. The van der Waals surface area contributed by atoms with E-state index in [1.54, 1.807) is 4.90 Å². The average molecular weight is 415 g/mol. The first-order chi connectivity index (χ1) is 14.1. The first kappa shape index (κ1) is 23.0. The van der Waals surface area contributed by atoms with Gasteiger partial charge in [0.15, 0.2) is 0 Å². The van der Waals surface area contributed by atoms with Crippen LogP contribution in [0, 0.1) is 0 Å². The number of hydrogen-bond donors (Lipinski definition) is 1. The summed E-state index contributed by atoms with van der Waals surface area (Å²) in [7, 11) is 0. The van der Waals surface area contributed by atoms with Crippen LogP contribution in [0.2, 0.25) is 5.02 Å². The molecule has 4 nitrogen and oxygen atoms in total. The number of nitrogens with zero attached hydrogens (tertiary/aromatic N) is 1. The smallest absolute Gasteiger partial charge is 0.243 e. The molecular formula is C24H31ClN2O2. The van der Waals surface area contributed by atoms with E-state index in [1.165, 1.54) is 0 Å². The van der Waals surface area contributed by atoms with E-state index >= 15 is 0 Å². The lowest BCUT2D eigenvalue weighted by atomic mass is 10.0. The molecule has 0 aliphatic heterocycles. The molecule has 0 saturated heterocycles. The minimum atomic E-state index is -0.579. The highest BCUT2D eigenvalue weighted by Crippen LogP contribution is 2.21. The van der Waals surface area contributed by atoms with Gasteiger partial charge in [-0.2, -0.15) is 0 Å². The van der Waals surface area contributed by atoms with Crippen molar-refractivity contribution in [2.75, 3.05) is 6.54 Å². The molecule has 0 saturated carbocycles.